The smallest absolute Gasteiger partial charge is 0.213 e. The van der Waals surface area contributed by atoms with E-state index in [2.05, 4.69) is 0 Å². The van der Waals surface area contributed by atoms with Crippen LogP contribution in [-0.2, 0) is 0 Å². The van der Waals surface area contributed by atoms with Gasteiger partial charge in [0.05, 0.1) is 11.3 Å². The van der Waals surface area contributed by atoms with Crippen molar-refractivity contribution in [2.24, 2.45) is 0 Å². The van der Waals surface area contributed by atoms with Crippen LogP contribution in [0.15, 0.2) is 30.0 Å². The van der Waals surface area contributed by atoms with Crippen LogP contribution in [0.2, 0.25) is 0 Å². The molecular formula is C12H11NO3. The number of Topliss-reactive ketones (excluding diaryl/α,β-unsaturated/α-hetero) is 1. The summed E-state index contributed by atoms with van der Waals surface area (Å²) in [5.41, 5.74) is 0.647. The third kappa shape index (κ3) is 1.39. The summed E-state index contributed by atoms with van der Waals surface area (Å²) in [4.78, 5) is 25.3. The lowest BCUT2D eigenvalue weighted by Crippen LogP contribution is -2.26. The third-order valence-electron chi connectivity index (χ3n) is 2.52. The minimum Gasteiger partial charge on any atom is -0.507 e. The molecule has 0 saturated carbocycles. The SMILES string of the molecule is CN(C)C1=CC(=O)c2cccc(O)c2C1=O. The van der Waals surface area contributed by atoms with Gasteiger partial charge in [0.2, 0.25) is 5.78 Å². The Bertz CT molecular complexity index is 515. The van der Waals surface area contributed by atoms with Crippen molar-refractivity contribution < 1.29 is 14.7 Å². The van der Waals surface area contributed by atoms with Gasteiger partial charge in [-0.15, -0.1) is 0 Å². The molecule has 0 aliphatic heterocycles. The minimum absolute atomic E-state index is 0.0960. The highest BCUT2D eigenvalue weighted by Crippen LogP contribution is 2.29. The molecule has 2 rings (SSSR count). The van der Waals surface area contributed by atoms with Gasteiger partial charge in [0, 0.05) is 25.7 Å². The quantitative estimate of drug-likeness (QED) is 0.768. The Hall–Kier alpha value is -2.10. The second-order valence-electron chi connectivity index (χ2n) is 3.82. The first kappa shape index (κ1) is 10.4. The highest BCUT2D eigenvalue weighted by molar-refractivity contribution is 6.25. The van der Waals surface area contributed by atoms with E-state index in [4.69, 9.17) is 0 Å². The number of nitrogens with zero attached hydrogens (tertiary/aromatic N) is 1. The maximum absolute atomic E-state index is 12.0. The Balaban J connectivity index is 2.66. The topological polar surface area (TPSA) is 57.6 Å². The molecule has 0 atom stereocenters. The van der Waals surface area contributed by atoms with Crippen LogP contribution in [0.5, 0.6) is 5.75 Å². The number of hydrogen-bond acceptors (Lipinski definition) is 4. The molecule has 82 valence electrons. The van der Waals surface area contributed by atoms with E-state index in [0.717, 1.165) is 0 Å². The highest BCUT2D eigenvalue weighted by atomic mass is 16.3. The Kier molecular flexibility index (Phi) is 2.27. The molecular weight excluding hydrogens is 206 g/mol. The predicted molar refractivity (Wildman–Crippen MR) is 58.5 cm³/mol. The number of likely N-dealkylation sites (N-methyl/N-ethyl adjacent to an activating group) is 1. The molecule has 1 aromatic rings. The Morgan fingerprint density at radius 2 is 1.88 bits per heavy atom. The van der Waals surface area contributed by atoms with Gasteiger partial charge in [-0.25, -0.2) is 0 Å². The van der Waals surface area contributed by atoms with Crippen LogP contribution < -0.4 is 0 Å². The van der Waals surface area contributed by atoms with E-state index in [0.29, 0.717) is 5.70 Å². The average Bonchev–Trinajstić information content (AvgIpc) is 2.22. The number of ketones is 2. The van der Waals surface area contributed by atoms with Gasteiger partial charge in [0.25, 0.3) is 0 Å². The van der Waals surface area contributed by atoms with E-state index in [-0.39, 0.29) is 28.4 Å². The number of aromatic hydroxyl groups is 1. The molecule has 0 bridgehead atoms. The second kappa shape index (κ2) is 3.48. The minimum atomic E-state index is -0.322. The average molecular weight is 217 g/mol. The first-order valence-electron chi connectivity index (χ1n) is 4.82. The number of benzene rings is 1. The number of carbonyl (C=O) groups is 2. The molecule has 1 aliphatic rings. The van der Waals surface area contributed by atoms with E-state index in [1.54, 1.807) is 25.1 Å². The van der Waals surface area contributed by atoms with E-state index < -0.39 is 0 Å². The number of rotatable bonds is 1. The lowest BCUT2D eigenvalue weighted by atomic mass is 9.91. The molecule has 0 spiro atoms. The molecule has 4 nitrogen and oxygen atoms in total. The fraction of sp³-hybridized carbons (Fsp3) is 0.167. The zero-order chi connectivity index (χ0) is 11.9. The van der Waals surface area contributed by atoms with Crippen LogP contribution in [0, 0.1) is 0 Å². The van der Waals surface area contributed by atoms with Gasteiger partial charge >= 0.3 is 0 Å². The predicted octanol–water partition coefficient (Wildman–Crippen LogP) is 1.22. The van der Waals surface area contributed by atoms with Gasteiger partial charge in [-0.2, -0.15) is 0 Å². The maximum atomic E-state index is 12.0. The summed E-state index contributed by atoms with van der Waals surface area (Å²) in [7, 11) is 3.37. The molecule has 0 unspecified atom stereocenters. The lowest BCUT2D eigenvalue weighted by Gasteiger charge is -2.21. The van der Waals surface area contributed by atoms with E-state index in [1.807, 2.05) is 0 Å². The molecule has 0 radical (unpaired) electrons. The summed E-state index contributed by atoms with van der Waals surface area (Å²) in [6.07, 6.45) is 1.30. The maximum Gasteiger partial charge on any atom is 0.213 e. The van der Waals surface area contributed by atoms with Crippen LogP contribution in [0.1, 0.15) is 20.7 Å². The van der Waals surface area contributed by atoms with Crippen LogP contribution in [0.25, 0.3) is 0 Å². The fourth-order valence-electron chi connectivity index (χ4n) is 1.71. The number of phenolic OH excluding ortho intramolecular Hbond substituents is 1. The summed E-state index contributed by atoms with van der Waals surface area (Å²) in [6.45, 7) is 0. The van der Waals surface area contributed by atoms with Gasteiger partial charge in [-0.05, 0) is 6.07 Å². The van der Waals surface area contributed by atoms with Crippen molar-refractivity contribution >= 4 is 11.6 Å². The van der Waals surface area contributed by atoms with Crippen LogP contribution >= 0.6 is 0 Å². The molecule has 1 aliphatic carbocycles. The zero-order valence-corrected chi connectivity index (χ0v) is 9.02. The Morgan fingerprint density at radius 1 is 1.19 bits per heavy atom. The van der Waals surface area contributed by atoms with Crippen molar-refractivity contribution in [2.45, 2.75) is 0 Å². The first-order chi connectivity index (χ1) is 7.52. The molecule has 0 saturated heterocycles. The van der Waals surface area contributed by atoms with Crippen molar-refractivity contribution in [1.82, 2.24) is 4.90 Å². The number of phenols is 1. The number of allylic oxidation sites excluding steroid dienone is 2. The van der Waals surface area contributed by atoms with Crippen molar-refractivity contribution in [3.8, 4) is 5.75 Å². The summed E-state index contributed by atoms with van der Waals surface area (Å²) < 4.78 is 0. The molecule has 0 fully saturated rings. The van der Waals surface area contributed by atoms with Crippen molar-refractivity contribution in [3.05, 3.63) is 41.1 Å². The number of fused-ring (bicyclic) bond motifs is 1. The highest BCUT2D eigenvalue weighted by Gasteiger charge is 2.28. The van der Waals surface area contributed by atoms with Crippen molar-refractivity contribution in [1.29, 1.82) is 0 Å². The van der Waals surface area contributed by atoms with Gasteiger partial charge in [0.1, 0.15) is 5.75 Å². The van der Waals surface area contributed by atoms with Crippen molar-refractivity contribution in [3.63, 3.8) is 0 Å². The standard InChI is InChI=1S/C12H11NO3/c1-13(2)8-6-10(15)7-4-3-5-9(14)11(7)12(8)16/h3-6,14H,1-2H3. The van der Waals surface area contributed by atoms with Gasteiger partial charge in [-0.1, -0.05) is 12.1 Å². The molecule has 16 heavy (non-hydrogen) atoms. The largest absolute Gasteiger partial charge is 0.507 e. The van der Waals surface area contributed by atoms with Gasteiger partial charge in [-0.3, -0.25) is 9.59 Å². The zero-order valence-electron chi connectivity index (χ0n) is 9.02. The van der Waals surface area contributed by atoms with Crippen LogP contribution in [-0.4, -0.2) is 35.7 Å². The Morgan fingerprint density at radius 3 is 2.50 bits per heavy atom. The van der Waals surface area contributed by atoms with E-state index in [1.165, 1.54) is 18.2 Å². The first-order valence-corrected chi connectivity index (χ1v) is 4.82. The van der Waals surface area contributed by atoms with Crippen LogP contribution in [0.3, 0.4) is 0 Å². The second-order valence-corrected chi connectivity index (χ2v) is 3.82. The Labute approximate surface area is 92.8 Å². The van der Waals surface area contributed by atoms with Crippen LogP contribution in [0.4, 0.5) is 0 Å². The number of carbonyl (C=O) groups excluding carboxylic acids is 2. The van der Waals surface area contributed by atoms with Crippen molar-refractivity contribution in [2.75, 3.05) is 14.1 Å². The summed E-state index contributed by atoms with van der Waals surface area (Å²) in [6, 6.07) is 4.49. The monoisotopic (exact) mass is 217 g/mol. The summed E-state index contributed by atoms with van der Waals surface area (Å²) in [5, 5.41) is 9.63. The molecule has 4 heteroatoms. The summed E-state index contributed by atoms with van der Waals surface area (Å²) >= 11 is 0. The molecule has 1 N–H and O–H groups in total. The molecule has 0 aromatic heterocycles. The number of hydrogen-bond donors (Lipinski definition) is 1. The van der Waals surface area contributed by atoms with E-state index in [9.17, 15) is 14.7 Å². The normalized spacial score (nSPS) is 14.5. The van der Waals surface area contributed by atoms with Gasteiger partial charge < -0.3 is 10.0 Å². The summed E-state index contributed by atoms with van der Waals surface area (Å²) in [5.74, 6) is -0.727. The molecule has 0 amide bonds. The lowest BCUT2D eigenvalue weighted by molar-refractivity contribution is 0.0959. The fourth-order valence-corrected chi connectivity index (χ4v) is 1.71. The van der Waals surface area contributed by atoms with E-state index >= 15 is 0 Å². The van der Waals surface area contributed by atoms with Gasteiger partial charge in [0.15, 0.2) is 5.78 Å². The molecule has 1 aromatic carbocycles. The molecule has 0 heterocycles. The third-order valence-corrected chi connectivity index (χ3v) is 2.52.